The minimum absolute atomic E-state index is 0.575. The molecule has 3 heterocycles. The van der Waals surface area contributed by atoms with Crippen LogP contribution in [0, 0.1) is 0 Å². The van der Waals surface area contributed by atoms with E-state index in [0.717, 1.165) is 31.0 Å². The second kappa shape index (κ2) is 4.77. The van der Waals surface area contributed by atoms with E-state index < -0.39 is 0 Å². The number of fused-ring (bicyclic) bond motifs is 1. The van der Waals surface area contributed by atoms with Crippen molar-refractivity contribution in [1.82, 2.24) is 14.6 Å². The summed E-state index contributed by atoms with van der Waals surface area (Å²) in [6.07, 6.45) is 4.72. The van der Waals surface area contributed by atoms with Crippen molar-refractivity contribution in [3.63, 3.8) is 0 Å². The van der Waals surface area contributed by atoms with Crippen LogP contribution in [0.3, 0.4) is 0 Å². The average Bonchev–Trinajstić information content (AvgIpc) is 3.16. The molecule has 5 nitrogen and oxygen atoms in total. The molecule has 106 valence electrons. The standard InChI is InChI=1S/C16H17N5/c17-14-10-18-21-9-7-15(19-16(14)21)20-8-6-13(11-20)12-4-2-1-3-5-12/h1-5,7,9-10,13H,6,8,11,17H2. The van der Waals surface area contributed by atoms with Crippen molar-refractivity contribution in [1.29, 1.82) is 0 Å². The molecule has 0 radical (unpaired) electrons. The Kier molecular flexibility index (Phi) is 2.77. The predicted molar refractivity (Wildman–Crippen MR) is 83.4 cm³/mol. The van der Waals surface area contributed by atoms with Gasteiger partial charge >= 0.3 is 0 Å². The summed E-state index contributed by atoms with van der Waals surface area (Å²) in [6.45, 7) is 2.03. The number of nitrogen functional groups attached to an aromatic ring is 1. The molecule has 2 aromatic heterocycles. The van der Waals surface area contributed by atoms with E-state index in [1.165, 1.54) is 5.56 Å². The molecule has 1 aromatic carbocycles. The van der Waals surface area contributed by atoms with Gasteiger partial charge in [0.1, 0.15) is 5.82 Å². The molecule has 1 aliphatic heterocycles. The molecule has 1 atom stereocenters. The Morgan fingerprint density at radius 3 is 2.86 bits per heavy atom. The zero-order valence-electron chi connectivity index (χ0n) is 11.7. The summed E-state index contributed by atoms with van der Waals surface area (Å²) < 4.78 is 1.71. The quantitative estimate of drug-likeness (QED) is 0.782. The number of aromatic nitrogens is 3. The number of nitrogens with zero attached hydrogens (tertiary/aromatic N) is 4. The van der Waals surface area contributed by atoms with Crippen LogP contribution in [0.4, 0.5) is 11.5 Å². The smallest absolute Gasteiger partial charge is 0.180 e. The summed E-state index contributed by atoms with van der Waals surface area (Å²) in [4.78, 5) is 6.97. The highest BCUT2D eigenvalue weighted by molar-refractivity contribution is 5.65. The maximum atomic E-state index is 5.90. The molecule has 1 fully saturated rings. The fourth-order valence-corrected chi connectivity index (χ4v) is 3.02. The molecule has 1 unspecified atom stereocenters. The fraction of sp³-hybridized carbons (Fsp3) is 0.250. The van der Waals surface area contributed by atoms with E-state index in [1.807, 2.05) is 12.3 Å². The van der Waals surface area contributed by atoms with Gasteiger partial charge in [-0.25, -0.2) is 9.50 Å². The molecule has 1 aliphatic rings. The largest absolute Gasteiger partial charge is 0.394 e. The first-order valence-corrected chi connectivity index (χ1v) is 7.21. The molecule has 5 heteroatoms. The van der Waals surface area contributed by atoms with E-state index in [4.69, 9.17) is 5.73 Å². The van der Waals surface area contributed by atoms with E-state index in [-0.39, 0.29) is 0 Å². The topological polar surface area (TPSA) is 59.4 Å². The molecule has 0 saturated carbocycles. The monoisotopic (exact) mass is 279 g/mol. The van der Waals surface area contributed by atoms with Crippen LogP contribution in [0.15, 0.2) is 48.8 Å². The maximum absolute atomic E-state index is 5.90. The van der Waals surface area contributed by atoms with E-state index in [2.05, 4.69) is 45.3 Å². The van der Waals surface area contributed by atoms with Gasteiger partial charge < -0.3 is 10.6 Å². The lowest BCUT2D eigenvalue weighted by Crippen LogP contribution is -2.20. The maximum Gasteiger partial charge on any atom is 0.180 e. The van der Waals surface area contributed by atoms with Crippen LogP contribution in [0.5, 0.6) is 0 Å². The van der Waals surface area contributed by atoms with Crippen LogP contribution >= 0.6 is 0 Å². The molecule has 0 aliphatic carbocycles. The summed E-state index contributed by atoms with van der Waals surface area (Å²) in [5.41, 5.74) is 8.66. The summed E-state index contributed by atoms with van der Waals surface area (Å²) in [7, 11) is 0. The molecule has 0 spiro atoms. The first-order chi connectivity index (χ1) is 10.3. The van der Waals surface area contributed by atoms with Gasteiger partial charge in [-0.05, 0) is 18.1 Å². The Bertz CT molecular complexity index is 765. The second-order valence-electron chi connectivity index (χ2n) is 5.50. The van der Waals surface area contributed by atoms with Crippen molar-refractivity contribution in [2.45, 2.75) is 12.3 Å². The van der Waals surface area contributed by atoms with Gasteiger partial charge in [-0.3, -0.25) is 0 Å². The third-order valence-electron chi connectivity index (χ3n) is 4.16. The number of hydrogen-bond donors (Lipinski definition) is 1. The Hall–Kier alpha value is -2.56. The first kappa shape index (κ1) is 12.2. The molecule has 0 bridgehead atoms. The van der Waals surface area contributed by atoms with E-state index >= 15 is 0 Å². The Morgan fingerprint density at radius 1 is 1.14 bits per heavy atom. The Morgan fingerprint density at radius 2 is 2.00 bits per heavy atom. The zero-order chi connectivity index (χ0) is 14.2. The number of benzene rings is 1. The fourth-order valence-electron chi connectivity index (χ4n) is 3.02. The Labute approximate surface area is 123 Å². The first-order valence-electron chi connectivity index (χ1n) is 7.21. The van der Waals surface area contributed by atoms with Crippen molar-refractivity contribution >= 4 is 17.2 Å². The molecule has 3 aromatic rings. The highest BCUT2D eigenvalue weighted by atomic mass is 15.3. The second-order valence-corrected chi connectivity index (χ2v) is 5.50. The van der Waals surface area contributed by atoms with Crippen LogP contribution in [-0.2, 0) is 0 Å². The molecule has 21 heavy (non-hydrogen) atoms. The van der Waals surface area contributed by atoms with Gasteiger partial charge in [0.25, 0.3) is 0 Å². The van der Waals surface area contributed by atoms with Gasteiger partial charge in [0, 0.05) is 25.2 Å². The van der Waals surface area contributed by atoms with Crippen molar-refractivity contribution in [2.75, 3.05) is 23.7 Å². The number of rotatable bonds is 2. The van der Waals surface area contributed by atoms with Gasteiger partial charge in [0.05, 0.1) is 11.9 Å². The summed E-state index contributed by atoms with van der Waals surface area (Å²) in [5.74, 6) is 1.56. The van der Waals surface area contributed by atoms with Gasteiger partial charge in [0.2, 0.25) is 0 Å². The highest BCUT2D eigenvalue weighted by Crippen LogP contribution is 2.30. The number of nitrogens with two attached hydrogens (primary N) is 1. The minimum atomic E-state index is 0.575. The number of hydrogen-bond acceptors (Lipinski definition) is 4. The van der Waals surface area contributed by atoms with Gasteiger partial charge in [-0.1, -0.05) is 30.3 Å². The molecular formula is C16H17N5. The average molecular weight is 279 g/mol. The highest BCUT2D eigenvalue weighted by Gasteiger charge is 2.24. The molecule has 2 N–H and O–H groups in total. The van der Waals surface area contributed by atoms with Crippen molar-refractivity contribution in [2.24, 2.45) is 0 Å². The van der Waals surface area contributed by atoms with Crippen molar-refractivity contribution in [3.8, 4) is 0 Å². The normalized spacial score (nSPS) is 18.5. The SMILES string of the molecule is Nc1cnn2ccc(N3CCC(c4ccccc4)C3)nc12. The van der Waals surface area contributed by atoms with Crippen LogP contribution in [0.25, 0.3) is 5.65 Å². The van der Waals surface area contributed by atoms with E-state index in [9.17, 15) is 0 Å². The molecule has 4 rings (SSSR count). The predicted octanol–water partition coefficient (Wildman–Crippen LogP) is 2.31. The lowest BCUT2D eigenvalue weighted by molar-refractivity contribution is 0.774. The van der Waals surface area contributed by atoms with Crippen LogP contribution in [-0.4, -0.2) is 27.7 Å². The Balaban J connectivity index is 1.60. The summed E-state index contributed by atoms with van der Waals surface area (Å²) >= 11 is 0. The van der Waals surface area contributed by atoms with Crippen molar-refractivity contribution < 1.29 is 0 Å². The summed E-state index contributed by atoms with van der Waals surface area (Å²) in [5, 5.41) is 4.16. The van der Waals surface area contributed by atoms with Crippen molar-refractivity contribution in [3.05, 3.63) is 54.4 Å². The lowest BCUT2D eigenvalue weighted by atomic mass is 9.99. The van der Waals surface area contributed by atoms with Gasteiger partial charge in [0.15, 0.2) is 5.65 Å². The molecule has 1 saturated heterocycles. The zero-order valence-corrected chi connectivity index (χ0v) is 11.7. The van der Waals surface area contributed by atoms with E-state index in [1.54, 1.807) is 10.7 Å². The third kappa shape index (κ3) is 2.11. The minimum Gasteiger partial charge on any atom is -0.394 e. The lowest BCUT2D eigenvalue weighted by Gasteiger charge is -2.17. The van der Waals surface area contributed by atoms with Gasteiger partial charge in [-0.2, -0.15) is 5.10 Å². The van der Waals surface area contributed by atoms with Crippen LogP contribution in [0.1, 0.15) is 17.9 Å². The van der Waals surface area contributed by atoms with E-state index in [0.29, 0.717) is 11.6 Å². The van der Waals surface area contributed by atoms with Crippen LogP contribution in [0.2, 0.25) is 0 Å². The van der Waals surface area contributed by atoms with Gasteiger partial charge in [-0.15, -0.1) is 0 Å². The number of anilines is 2. The molecule has 0 amide bonds. The van der Waals surface area contributed by atoms with Crippen LogP contribution < -0.4 is 10.6 Å². The third-order valence-corrected chi connectivity index (χ3v) is 4.16. The molecular weight excluding hydrogens is 262 g/mol. The summed E-state index contributed by atoms with van der Waals surface area (Å²) in [6, 6.07) is 12.7.